The van der Waals surface area contributed by atoms with E-state index in [-0.39, 0.29) is 16.4 Å². The molecule has 2 rings (SSSR count). The Bertz CT molecular complexity index is 746. The lowest BCUT2D eigenvalue weighted by Gasteiger charge is -2.10. The van der Waals surface area contributed by atoms with Crippen LogP contribution in [0.2, 0.25) is 0 Å². The van der Waals surface area contributed by atoms with Crippen LogP contribution in [0.1, 0.15) is 27.6 Å². The Balaban J connectivity index is 2.13. The Morgan fingerprint density at radius 2 is 1.83 bits per heavy atom. The Hall–Kier alpha value is -2.35. The van der Waals surface area contributed by atoms with Crippen LogP contribution < -0.4 is 5.32 Å². The second kappa shape index (κ2) is 7.48. The third-order valence-corrected chi connectivity index (χ3v) is 4.01. The van der Waals surface area contributed by atoms with Gasteiger partial charge in [-0.15, -0.1) is 0 Å². The zero-order valence-electron chi connectivity index (χ0n) is 12.6. The summed E-state index contributed by atoms with van der Waals surface area (Å²) in [5.74, 6) is -1.80. The number of carbonyl (C=O) groups excluding carboxylic acids is 2. The van der Waals surface area contributed by atoms with Crippen molar-refractivity contribution in [2.45, 2.75) is 18.1 Å². The maximum Gasteiger partial charge on any atom is 0.398 e. The third kappa shape index (κ3) is 5.09. The highest BCUT2D eigenvalue weighted by molar-refractivity contribution is 7.99. The van der Waals surface area contributed by atoms with Crippen LogP contribution in [-0.4, -0.2) is 28.6 Å². The number of ketones is 1. The van der Waals surface area contributed by atoms with E-state index in [4.69, 9.17) is 0 Å². The van der Waals surface area contributed by atoms with Gasteiger partial charge in [-0.25, -0.2) is 4.98 Å². The van der Waals surface area contributed by atoms with Crippen molar-refractivity contribution in [3.05, 3.63) is 53.7 Å². The zero-order valence-corrected chi connectivity index (χ0v) is 13.4. The fourth-order valence-corrected chi connectivity index (χ4v) is 2.57. The van der Waals surface area contributed by atoms with Gasteiger partial charge in [0.1, 0.15) is 5.03 Å². The average molecular weight is 354 g/mol. The highest BCUT2D eigenvalue weighted by Crippen LogP contribution is 2.28. The largest absolute Gasteiger partial charge is 0.398 e. The maximum absolute atomic E-state index is 12.3. The van der Waals surface area contributed by atoms with Crippen LogP contribution in [0.3, 0.4) is 0 Å². The molecule has 1 aromatic carbocycles. The molecule has 1 aromatic heterocycles. The predicted octanol–water partition coefficient (Wildman–Crippen LogP) is 4.19. The minimum atomic E-state index is -4.35. The highest BCUT2D eigenvalue weighted by atomic mass is 32.2. The summed E-state index contributed by atoms with van der Waals surface area (Å²) < 4.78 is 37.0. The molecule has 24 heavy (non-hydrogen) atoms. The molecule has 0 aliphatic heterocycles. The normalized spacial score (nSPS) is 11.2. The molecule has 0 spiro atoms. The second-order valence-electron chi connectivity index (χ2n) is 4.85. The van der Waals surface area contributed by atoms with Crippen molar-refractivity contribution >= 4 is 29.1 Å². The van der Waals surface area contributed by atoms with Crippen molar-refractivity contribution in [2.75, 3.05) is 11.1 Å². The number of aromatic nitrogens is 1. The maximum atomic E-state index is 12.3. The van der Waals surface area contributed by atoms with Crippen molar-refractivity contribution in [3.8, 4) is 0 Å². The zero-order chi connectivity index (χ0) is 17.7. The summed E-state index contributed by atoms with van der Waals surface area (Å²) in [5.41, 5.74) is 0.985. The molecule has 2 aromatic rings. The number of carbonyl (C=O) groups is 2. The van der Waals surface area contributed by atoms with Crippen LogP contribution in [0.4, 0.5) is 18.9 Å². The molecule has 0 fully saturated rings. The van der Waals surface area contributed by atoms with E-state index in [0.29, 0.717) is 23.0 Å². The molecule has 1 amide bonds. The van der Waals surface area contributed by atoms with Crippen molar-refractivity contribution < 1.29 is 22.8 Å². The van der Waals surface area contributed by atoms with Crippen LogP contribution >= 0.6 is 11.8 Å². The first-order chi connectivity index (χ1) is 11.3. The molecule has 8 heteroatoms. The number of thioether (sulfide) groups is 1. The number of nitrogens with one attached hydrogen (secondary N) is 1. The smallest absolute Gasteiger partial charge is 0.322 e. The first-order valence-corrected chi connectivity index (χ1v) is 7.82. The molecule has 126 valence electrons. The summed E-state index contributed by atoms with van der Waals surface area (Å²) >= 11 is 0.458. The van der Waals surface area contributed by atoms with Crippen LogP contribution in [0.15, 0.2) is 47.6 Å². The number of benzene rings is 1. The first kappa shape index (κ1) is 18.0. The van der Waals surface area contributed by atoms with Gasteiger partial charge in [-0.2, -0.15) is 13.2 Å². The summed E-state index contributed by atoms with van der Waals surface area (Å²) in [6.45, 7) is 1.42. The van der Waals surface area contributed by atoms with Gasteiger partial charge in [-0.05, 0) is 43.3 Å². The Kier molecular flexibility index (Phi) is 5.61. The standard InChI is InChI=1S/C16H13F3N2O2S/c1-10(22)11-4-6-12(7-5-11)21-14(23)13-3-2-8-20-15(13)24-9-16(17,18)19/h2-8H,9H2,1H3,(H,21,23). The fraction of sp³-hybridized carbons (Fsp3) is 0.188. The monoisotopic (exact) mass is 354 g/mol. The number of hydrogen-bond acceptors (Lipinski definition) is 4. The number of rotatable bonds is 5. The molecule has 0 bridgehead atoms. The van der Waals surface area contributed by atoms with Crippen LogP contribution in [0, 0.1) is 0 Å². The van der Waals surface area contributed by atoms with Gasteiger partial charge in [-0.1, -0.05) is 11.8 Å². The summed E-state index contributed by atoms with van der Waals surface area (Å²) in [5, 5.41) is 2.58. The van der Waals surface area contributed by atoms with Crippen molar-refractivity contribution in [1.82, 2.24) is 4.98 Å². The molecule has 1 N–H and O–H groups in total. The molecular formula is C16H13F3N2O2S. The van der Waals surface area contributed by atoms with Crippen LogP contribution in [-0.2, 0) is 0 Å². The average Bonchev–Trinajstić information content (AvgIpc) is 2.53. The van der Waals surface area contributed by atoms with Gasteiger partial charge < -0.3 is 5.32 Å². The number of pyridine rings is 1. The van der Waals surface area contributed by atoms with Gasteiger partial charge in [0.05, 0.1) is 11.3 Å². The van der Waals surface area contributed by atoms with Crippen molar-refractivity contribution in [1.29, 1.82) is 0 Å². The Morgan fingerprint density at radius 3 is 2.42 bits per heavy atom. The molecule has 0 aliphatic rings. The van der Waals surface area contributed by atoms with Gasteiger partial charge in [0, 0.05) is 17.4 Å². The fourth-order valence-electron chi connectivity index (χ4n) is 1.82. The van der Waals surface area contributed by atoms with E-state index in [1.807, 2.05) is 0 Å². The van der Waals surface area contributed by atoms with Crippen molar-refractivity contribution in [3.63, 3.8) is 0 Å². The molecule has 0 aliphatic carbocycles. The van der Waals surface area contributed by atoms with E-state index in [1.165, 1.54) is 25.3 Å². The quantitative estimate of drug-likeness (QED) is 0.646. The molecule has 4 nitrogen and oxygen atoms in total. The number of nitrogens with zero attached hydrogens (tertiary/aromatic N) is 1. The topological polar surface area (TPSA) is 59.1 Å². The second-order valence-corrected chi connectivity index (χ2v) is 5.81. The lowest BCUT2D eigenvalue weighted by atomic mass is 10.1. The van der Waals surface area contributed by atoms with Gasteiger partial charge in [0.25, 0.3) is 5.91 Å². The Morgan fingerprint density at radius 1 is 1.17 bits per heavy atom. The van der Waals surface area contributed by atoms with E-state index in [2.05, 4.69) is 10.3 Å². The predicted molar refractivity (Wildman–Crippen MR) is 85.4 cm³/mol. The molecule has 0 saturated heterocycles. The van der Waals surface area contributed by atoms with Crippen LogP contribution in [0.5, 0.6) is 0 Å². The van der Waals surface area contributed by atoms with Gasteiger partial charge in [0.2, 0.25) is 0 Å². The molecule has 0 saturated carbocycles. The van der Waals surface area contributed by atoms with Crippen molar-refractivity contribution in [2.24, 2.45) is 0 Å². The molecule has 0 atom stereocenters. The molecule has 0 unspecified atom stereocenters. The number of anilines is 1. The lowest BCUT2D eigenvalue weighted by Crippen LogP contribution is -2.15. The highest BCUT2D eigenvalue weighted by Gasteiger charge is 2.28. The number of halogens is 3. The van der Waals surface area contributed by atoms with Crippen LogP contribution in [0.25, 0.3) is 0 Å². The summed E-state index contributed by atoms with van der Waals surface area (Å²) in [7, 11) is 0. The summed E-state index contributed by atoms with van der Waals surface area (Å²) in [6, 6.07) is 9.10. The van der Waals surface area contributed by atoms with E-state index in [0.717, 1.165) is 0 Å². The molecule has 0 radical (unpaired) electrons. The van der Waals surface area contributed by atoms with Gasteiger partial charge in [-0.3, -0.25) is 9.59 Å². The minimum absolute atomic E-state index is 0.00711. The van der Waals surface area contributed by atoms with E-state index >= 15 is 0 Å². The van der Waals surface area contributed by atoms with Gasteiger partial charge in [0.15, 0.2) is 5.78 Å². The van der Waals surface area contributed by atoms with E-state index < -0.39 is 17.8 Å². The number of hydrogen-bond donors (Lipinski definition) is 1. The first-order valence-electron chi connectivity index (χ1n) is 6.83. The van der Waals surface area contributed by atoms with E-state index in [1.54, 1.807) is 24.3 Å². The third-order valence-electron chi connectivity index (χ3n) is 2.94. The van der Waals surface area contributed by atoms with Gasteiger partial charge >= 0.3 is 6.18 Å². The number of alkyl halides is 3. The van der Waals surface area contributed by atoms with E-state index in [9.17, 15) is 22.8 Å². The molecular weight excluding hydrogens is 341 g/mol. The number of amides is 1. The minimum Gasteiger partial charge on any atom is -0.322 e. The Labute approximate surface area is 140 Å². The lowest BCUT2D eigenvalue weighted by molar-refractivity contribution is -0.105. The SMILES string of the molecule is CC(=O)c1ccc(NC(=O)c2cccnc2SCC(F)(F)F)cc1. The summed E-state index contributed by atoms with van der Waals surface area (Å²) in [6.07, 6.45) is -3.02. The summed E-state index contributed by atoms with van der Waals surface area (Å²) in [4.78, 5) is 27.3. The number of Topliss-reactive ketones (excluding diaryl/α,β-unsaturated/α-hetero) is 1. The molecule has 1 heterocycles.